The molecule has 2 amide bonds. The highest BCUT2D eigenvalue weighted by molar-refractivity contribution is 7.80. The number of thiol groups is 1. The zero-order valence-electron chi connectivity index (χ0n) is 6.66. The molecule has 0 saturated heterocycles. The lowest BCUT2D eigenvalue weighted by Gasteiger charge is -2.03. The Morgan fingerprint density at radius 1 is 1.58 bits per heavy atom. The van der Waals surface area contributed by atoms with Crippen molar-refractivity contribution in [3.8, 4) is 0 Å². The molecule has 0 aliphatic heterocycles. The number of rotatable bonds is 1. The van der Waals surface area contributed by atoms with E-state index >= 15 is 0 Å². The lowest BCUT2D eigenvalue weighted by molar-refractivity contribution is 0.259. The van der Waals surface area contributed by atoms with Gasteiger partial charge in [0.05, 0.1) is 0 Å². The third-order valence-corrected chi connectivity index (χ3v) is 1.96. The van der Waals surface area contributed by atoms with Gasteiger partial charge in [0.15, 0.2) is 0 Å². The summed E-state index contributed by atoms with van der Waals surface area (Å²) in [5.74, 6) is 0. The average Bonchev–Trinajstić information content (AvgIpc) is 1.96. The highest BCUT2D eigenvalue weighted by Gasteiger charge is 1.97. The highest BCUT2D eigenvalue weighted by Crippen LogP contribution is 2.17. The zero-order chi connectivity index (χ0) is 9.14. The number of anilines is 1. The van der Waals surface area contributed by atoms with Gasteiger partial charge < -0.3 is 11.1 Å². The number of primary amides is 1. The third kappa shape index (κ3) is 2.17. The van der Waals surface area contributed by atoms with Gasteiger partial charge >= 0.3 is 6.03 Å². The number of carbonyl (C=O) groups is 1. The number of aryl methyl sites for hydroxylation is 1. The molecule has 64 valence electrons. The Balaban J connectivity index is 2.89. The van der Waals surface area contributed by atoms with Crippen molar-refractivity contribution >= 4 is 24.3 Å². The van der Waals surface area contributed by atoms with E-state index in [1.54, 1.807) is 12.1 Å². The summed E-state index contributed by atoms with van der Waals surface area (Å²) < 4.78 is 0. The summed E-state index contributed by atoms with van der Waals surface area (Å²) in [4.78, 5) is 11.3. The molecule has 1 aromatic rings. The summed E-state index contributed by atoms with van der Waals surface area (Å²) in [6.07, 6.45) is 0. The van der Waals surface area contributed by atoms with E-state index in [4.69, 9.17) is 5.73 Å². The molecule has 0 atom stereocenters. The summed E-state index contributed by atoms with van der Waals surface area (Å²) in [5.41, 5.74) is 6.67. The van der Waals surface area contributed by atoms with Crippen LogP contribution in [0, 0.1) is 6.92 Å². The Morgan fingerprint density at radius 2 is 2.25 bits per heavy atom. The molecule has 3 nitrogen and oxygen atoms in total. The van der Waals surface area contributed by atoms with Crippen LogP contribution in [0.4, 0.5) is 10.5 Å². The molecule has 0 spiro atoms. The molecular formula is C8H10N2OS. The number of nitrogens with one attached hydrogen (secondary N) is 1. The number of nitrogens with two attached hydrogens (primary N) is 1. The second kappa shape index (κ2) is 3.49. The predicted molar refractivity (Wildman–Crippen MR) is 51.6 cm³/mol. The Kier molecular flexibility index (Phi) is 2.60. The van der Waals surface area contributed by atoms with Crippen LogP contribution in [0.2, 0.25) is 0 Å². The Bertz CT molecular complexity index is 312. The van der Waals surface area contributed by atoms with Crippen molar-refractivity contribution in [3.05, 3.63) is 23.8 Å². The van der Waals surface area contributed by atoms with Gasteiger partial charge in [-0.1, -0.05) is 6.07 Å². The first kappa shape index (κ1) is 8.93. The Hall–Kier alpha value is -1.16. The molecule has 3 N–H and O–H groups in total. The quantitative estimate of drug-likeness (QED) is 0.570. The fourth-order valence-corrected chi connectivity index (χ4v) is 1.04. The van der Waals surface area contributed by atoms with Gasteiger partial charge in [-0.3, -0.25) is 0 Å². The van der Waals surface area contributed by atoms with Crippen LogP contribution in [-0.4, -0.2) is 6.03 Å². The standard InChI is InChI=1S/C8H10N2OS/c1-5-2-3-6(4-7(5)12)10-8(9)11/h2-4,12H,1H3,(H3,9,10,11). The van der Waals surface area contributed by atoms with Crippen molar-refractivity contribution in [2.45, 2.75) is 11.8 Å². The summed E-state index contributed by atoms with van der Waals surface area (Å²) in [5, 5.41) is 2.46. The van der Waals surface area contributed by atoms with E-state index < -0.39 is 6.03 Å². The van der Waals surface area contributed by atoms with Crippen LogP contribution in [0.3, 0.4) is 0 Å². The van der Waals surface area contributed by atoms with Crippen molar-refractivity contribution in [3.63, 3.8) is 0 Å². The van der Waals surface area contributed by atoms with Crippen molar-refractivity contribution < 1.29 is 4.79 Å². The minimum atomic E-state index is -0.563. The number of urea groups is 1. The second-order valence-electron chi connectivity index (χ2n) is 2.49. The van der Waals surface area contributed by atoms with Gasteiger partial charge in [0.25, 0.3) is 0 Å². The first-order valence-electron chi connectivity index (χ1n) is 3.45. The average molecular weight is 182 g/mol. The van der Waals surface area contributed by atoms with Gasteiger partial charge in [0, 0.05) is 10.6 Å². The van der Waals surface area contributed by atoms with Crippen LogP contribution in [0.1, 0.15) is 5.56 Å². The lowest BCUT2D eigenvalue weighted by Crippen LogP contribution is -2.19. The first-order valence-corrected chi connectivity index (χ1v) is 3.90. The van der Waals surface area contributed by atoms with E-state index in [1.165, 1.54) is 0 Å². The molecule has 12 heavy (non-hydrogen) atoms. The lowest BCUT2D eigenvalue weighted by atomic mass is 10.2. The zero-order valence-corrected chi connectivity index (χ0v) is 7.56. The van der Waals surface area contributed by atoms with E-state index in [9.17, 15) is 4.79 Å². The van der Waals surface area contributed by atoms with Gasteiger partial charge in [-0.15, -0.1) is 12.6 Å². The SMILES string of the molecule is Cc1ccc(NC(N)=O)cc1S. The van der Waals surface area contributed by atoms with Gasteiger partial charge in [-0.05, 0) is 24.6 Å². The molecule has 0 radical (unpaired) electrons. The number of hydrogen-bond donors (Lipinski definition) is 3. The number of carbonyl (C=O) groups excluding carboxylic acids is 1. The van der Waals surface area contributed by atoms with Crippen LogP contribution < -0.4 is 11.1 Å². The fourth-order valence-electron chi connectivity index (χ4n) is 0.829. The third-order valence-electron chi connectivity index (χ3n) is 1.48. The molecule has 0 unspecified atom stereocenters. The van der Waals surface area contributed by atoms with Crippen LogP contribution in [0.5, 0.6) is 0 Å². The Morgan fingerprint density at radius 3 is 2.75 bits per heavy atom. The van der Waals surface area contributed by atoms with Crippen LogP contribution in [0.25, 0.3) is 0 Å². The molecule has 0 aliphatic carbocycles. The molecule has 1 aromatic carbocycles. The molecule has 1 rings (SSSR count). The van der Waals surface area contributed by atoms with Gasteiger partial charge in [-0.2, -0.15) is 0 Å². The summed E-state index contributed by atoms with van der Waals surface area (Å²) in [7, 11) is 0. The maximum atomic E-state index is 10.5. The van der Waals surface area contributed by atoms with E-state index in [1.807, 2.05) is 13.0 Å². The molecule has 0 aromatic heterocycles. The monoisotopic (exact) mass is 182 g/mol. The molecule has 0 aliphatic rings. The number of benzene rings is 1. The van der Waals surface area contributed by atoms with Crippen molar-refractivity contribution in [2.75, 3.05) is 5.32 Å². The van der Waals surface area contributed by atoms with E-state index in [0.717, 1.165) is 10.5 Å². The minimum absolute atomic E-state index is 0.563. The van der Waals surface area contributed by atoms with Crippen molar-refractivity contribution in [2.24, 2.45) is 5.73 Å². The smallest absolute Gasteiger partial charge is 0.316 e. The minimum Gasteiger partial charge on any atom is -0.351 e. The summed E-state index contributed by atoms with van der Waals surface area (Å²) >= 11 is 4.20. The largest absolute Gasteiger partial charge is 0.351 e. The maximum absolute atomic E-state index is 10.5. The highest BCUT2D eigenvalue weighted by atomic mass is 32.1. The number of hydrogen-bond acceptors (Lipinski definition) is 2. The molecule has 0 bridgehead atoms. The molecular weight excluding hydrogens is 172 g/mol. The van der Waals surface area contributed by atoms with Gasteiger partial charge in [0.1, 0.15) is 0 Å². The Labute approximate surface area is 76.4 Å². The molecule has 0 fully saturated rings. The topological polar surface area (TPSA) is 55.1 Å². The van der Waals surface area contributed by atoms with Crippen molar-refractivity contribution in [1.29, 1.82) is 0 Å². The van der Waals surface area contributed by atoms with E-state index in [-0.39, 0.29) is 0 Å². The van der Waals surface area contributed by atoms with Gasteiger partial charge in [0.2, 0.25) is 0 Å². The molecule has 0 saturated carbocycles. The van der Waals surface area contributed by atoms with Gasteiger partial charge in [-0.25, -0.2) is 4.79 Å². The normalized spacial score (nSPS) is 9.50. The predicted octanol–water partition coefficient (Wildman–Crippen LogP) is 1.77. The van der Waals surface area contributed by atoms with Crippen LogP contribution >= 0.6 is 12.6 Å². The fraction of sp³-hybridized carbons (Fsp3) is 0.125. The summed E-state index contributed by atoms with van der Waals surface area (Å²) in [6, 6.07) is 4.84. The van der Waals surface area contributed by atoms with Crippen LogP contribution in [0.15, 0.2) is 23.1 Å². The van der Waals surface area contributed by atoms with E-state index in [2.05, 4.69) is 17.9 Å². The van der Waals surface area contributed by atoms with Crippen LogP contribution in [-0.2, 0) is 0 Å². The molecule has 0 heterocycles. The summed E-state index contributed by atoms with van der Waals surface area (Å²) in [6.45, 7) is 1.94. The van der Waals surface area contributed by atoms with Crippen molar-refractivity contribution in [1.82, 2.24) is 0 Å². The molecule has 4 heteroatoms. The van der Waals surface area contributed by atoms with E-state index in [0.29, 0.717) is 5.69 Å². The number of amides is 2. The maximum Gasteiger partial charge on any atom is 0.316 e. The first-order chi connectivity index (χ1) is 5.59. The second-order valence-corrected chi connectivity index (χ2v) is 2.97.